The summed E-state index contributed by atoms with van der Waals surface area (Å²) in [6.07, 6.45) is 2.87. The molecule has 2 aromatic rings. The van der Waals surface area contributed by atoms with E-state index < -0.39 is 0 Å². The van der Waals surface area contributed by atoms with Crippen molar-refractivity contribution in [3.05, 3.63) is 65.7 Å². The summed E-state index contributed by atoms with van der Waals surface area (Å²) in [6.45, 7) is 2.00. The molecule has 0 saturated heterocycles. The van der Waals surface area contributed by atoms with Crippen molar-refractivity contribution < 1.29 is 9.59 Å². The Kier molecular flexibility index (Phi) is 4.94. The molecular formula is C20H22N2O2. The van der Waals surface area contributed by atoms with Crippen LogP contribution in [0, 0.1) is 0 Å². The van der Waals surface area contributed by atoms with Crippen molar-refractivity contribution in [2.45, 2.75) is 38.1 Å². The molecule has 1 fully saturated rings. The molecule has 1 aliphatic carbocycles. The van der Waals surface area contributed by atoms with Crippen molar-refractivity contribution in [3.63, 3.8) is 0 Å². The summed E-state index contributed by atoms with van der Waals surface area (Å²) < 4.78 is 0. The topological polar surface area (TPSA) is 58.2 Å². The lowest BCUT2D eigenvalue weighted by molar-refractivity contribution is -0.117. The van der Waals surface area contributed by atoms with Crippen molar-refractivity contribution in [1.29, 1.82) is 0 Å². The van der Waals surface area contributed by atoms with Gasteiger partial charge in [-0.3, -0.25) is 9.59 Å². The van der Waals surface area contributed by atoms with Gasteiger partial charge in [0.15, 0.2) is 0 Å². The van der Waals surface area contributed by atoms with Crippen LogP contribution in [0.5, 0.6) is 0 Å². The van der Waals surface area contributed by atoms with Gasteiger partial charge < -0.3 is 10.6 Å². The number of rotatable bonds is 6. The molecule has 1 unspecified atom stereocenters. The van der Waals surface area contributed by atoms with Crippen molar-refractivity contribution in [2.24, 2.45) is 0 Å². The van der Waals surface area contributed by atoms with Crippen molar-refractivity contribution in [3.8, 4) is 0 Å². The van der Waals surface area contributed by atoms with E-state index >= 15 is 0 Å². The Bertz CT molecular complexity index is 706. The van der Waals surface area contributed by atoms with Gasteiger partial charge in [0.2, 0.25) is 5.91 Å². The zero-order valence-corrected chi connectivity index (χ0v) is 13.8. The molecular weight excluding hydrogens is 300 g/mol. The number of nitrogens with one attached hydrogen (secondary N) is 2. The highest BCUT2D eigenvalue weighted by molar-refractivity contribution is 5.97. The first-order valence-electron chi connectivity index (χ1n) is 8.44. The second kappa shape index (κ2) is 7.30. The van der Waals surface area contributed by atoms with Gasteiger partial charge in [0.05, 0.1) is 5.92 Å². The summed E-state index contributed by atoms with van der Waals surface area (Å²) in [5, 5.41) is 5.89. The third-order valence-electron chi connectivity index (χ3n) is 4.25. The average molecular weight is 322 g/mol. The van der Waals surface area contributed by atoms with Crippen LogP contribution in [0.3, 0.4) is 0 Å². The minimum absolute atomic E-state index is 0.0288. The summed E-state index contributed by atoms with van der Waals surface area (Å²) in [6, 6.07) is 17.2. The molecule has 0 aliphatic heterocycles. The SMILES string of the molecule is CCC(C(=O)Nc1ccc(C(=O)NC2CC2)cc1)c1ccccc1. The fourth-order valence-corrected chi connectivity index (χ4v) is 2.69. The molecule has 0 spiro atoms. The minimum atomic E-state index is -0.177. The van der Waals surface area contributed by atoms with Crippen LogP contribution < -0.4 is 10.6 Å². The van der Waals surface area contributed by atoms with E-state index in [-0.39, 0.29) is 17.7 Å². The molecule has 124 valence electrons. The van der Waals surface area contributed by atoms with Gasteiger partial charge in [-0.15, -0.1) is 0 Å². The molecule has 1 atom stereocenters. The second-order valence-corrected chi connectivity index (χ2v) is 6.19. The molecule has 4 nitrogen and oxygen atoms in total. The Balaban J connectivity index is 1.64. The number of hydrogen-bond donors (Lipinski definition) is 2. The quantitative estimate of drug-likeness (QED) is 0.852. The molecule has 4 heteroatoms. The van der Waals surface area contributed by atoms with Crippen LogP contribution >= 0.6 is 0 Å². The third kappa shape index (κ3) is 4.02. The number of carbonyl (C=O) groups excluding carboxylic acids is 2. The normalized spacial score (nSPS) is 14.7. The summed E-state index contributed by atoms with van der Waals surface area (Å²) >= 11 is 0. The van der Waals surface area contributed by atoms with Crippen molar-refractivity contribution in [2.75, 3.05) is 5.32 Å². The van der Waals surface area contributed by atoms with Crippen LogP contribution in [0.25, 0.3) is 0 Å². The lowest BCUT2D eigenvalue weighted by atomic mass is 9.95. The fourth-order valence-electron chi connectivity index (χ4n) is 2.69. The lowest BCUT2D eigenvalue weighted by Gasteiger charge is -2.15. The zero-order valence-electron chi connectivity index (χ0n) is 13.8. The fraction of sp³-hybridized carbons (Fsp3) is 0.300. The first kappa shape index (κ1) is 16.2. The zero-order chi connectivity index (χ0) is 16.9. The van der Waals surface area contributed by atoms with E-state index in [0.717, 1.165) is 24.8 Å². The molecule has 3 rings (SSSR count). The van der Waals surface area contributed by atoms with Crippen LogP contribution in [-0.4, -0.2) is 17.9 Å². The van der Waals surface area contributed by atoms with Crippen molar-refractivity contribution in [1.82, 2.24) is 5.32 Å². The lowest BCUT2D eigenvalue weighted by Crippen LogP contribution is -2.25. The highest BCUT2D eigenvalue weighted by Gasteiger charge is 2.23. The predicted octanol–water partition coefficient (Wildman–Crippen LogP) is 3.71. The number of amides is 2. The second-order valence-electron chi connectivity index (χ2n) is 6.19. The molecule has 0 heterocycles. The van der Waals surface area contributed by atoms with Gasteiger partial charge in [0.1, 0.15) is 0 Å². The van der Waals surface area contributed by atoms with Crippen LogP contribution in [0.1, 0.15) is 48.0 Å². The Morgan fingerprint density at radius 3 is 2.29 bits per heavy atom. The van der Waals surface area contributed by atoms with E-state index in [2.05, 4.69) is 10.6 Å². The number of hydrogen-bond acceptors (Lipinski definition) is 2. The number of benzene rings is 2. The van der Waals surface area contributed by atoms with E-state index in [9.17, 15) is 9.59 Å². The maximum Gasteiger partial charge on any atom is 0.251 e. The average Bonchev–Trinajstić information content (AvgIpc) is 3.41. The van der Waals surface area contributed by atoms with Crippen LogP contribution in [0.15, 0.2) is 54.6 Å². The molecule has 2 N–H and O–H groups in total. The summed E-state index contributed by atoms with van der Waals surface area (Å²) in [7, 11) is 0. The number of anilines is 1. The van der Waals surface area contributed by atoms with E-state index in [0.29, 0.717) is 17.3 Å². The Labute approximate surface area is 142 Å². The van der Waals surface area contributed by atoms with Crippen molar-refractivity contribution >= 4 is 17.5 Å². The molecule has 0 bridgehead atoms. The van der Waals surface area contributed by atoms with E-state index in [1.807, 2.05) is 37.3 Å². The first-order valence-corrected chi connectivity index (χ1v) is 8.44. The Hall–Kier alpha value is -2.62. The Morgan fingerprint density at radius 1 is 1.04 bits per heavy atom. The minimum Gasteiger partial charge on any atom is -0.349 e. The third-order valence-corrected chi connectivity index (χ3v) is 4.25. The van der Waals surface area contributed by atoms with E-state index in [1.54, 1.807) is 24.3 Å². The van der Waals surface area contributed by atoms with Crippen LogP contribution in [-0.2, 0) is 4.79 Å². The molecule has 2 aromatic carbocycles. The van der Waals surface area contributed by atoms with Gasteiger partial charge in [-0.25, -0.2) is 0 Å². The monoisotopic (exact) mass is 322 g/mol. The molecule has 2 amide bonds. The van der Waals surface area contributed by atoms with Gasteiger partial charge in [-0.05, 0) is 49.1 Å². The summed E-state index contributed by atoms with van der Waals surface area (Å²) in [4.78, 5) is 24.5. The van der Waals surface area contributed by atoms with E-state index in [1.165, 1.54) is 0 Å². The van der Waals surface area contributed by atoms with Gasteiger partial charge in [-0.1, -0.05) is 37.3 Å². The summed E-state index contributed by atoms with van der Waals surface area (Å²) in [5.74, 6) is -0.256. The summed E-state index contributed by atoms with van der Waals surface area (Å²) in [5.41, 5.74) is 2.34. The standard InChI is InChI=1S/C20H22N2O2/c1-2-18(14-6-4-3-5-7-14)20(24)22-16-10-8-15(9-11-16)19(23)21-17-12-13-17/h3-11,17-18H,2,12-13H2,1H3,(H,21,23)(H,22,24). The molecule has 1 saturated carbocycles. The maximum atomic E-state index is 12.5. The van der Waals surface area contributed by atoms with Gasteiger partial charge in [0, 0.05) is 17.3 Å². The molecule has 0 radical (unpaired) electrons. The highest BCUT2D eigenvalue weighted by Crippen LogP contribution is 2.22. The molecule has 1 aliphatic rings. The van der Waals surface area contributed by atoms with Gasteiger partial charge >= 0.3 is 0 Å². The smallest absolute Gasteiger partial charge is 0.251 e. The van der Waals surface area contributed by atoms with Gasteiger partial charge in [0.25, 0.3) is 5.91 Å². The Morgan fingerprint density at radius 2 is 1.71 bits per heavy atom. The van der Waals surface area contributed by atoms with Crippen LogP contribution in [0.2, 0.25) is 0 Å². The maximum absolute atomic E-state index is 12.5. The molecule has 0 aromatic heterocycles. The van der Waals surface area contributed by atoms with Gasteiger partial charge in [-0.2, -0.15) is 0 Å². The number of carbonyl (C=O) groups is 2. The highest BCUT2D eigenvalue weighted by atomic mass is 16.2. The first-order chi connectivity index (χ1) is 11.7. The largest absolute Gasteiger partial charge is 0.349 e. The molecule has 24 heavy (non-hydrogen) atoms. The van der Waals surface area contributed by atoms with E-state index in [4.69, 9.17) is 0 Å². The van der Waals surface area contributed by atoms with Crippen LogP contribution in [0.4, 0.5) is 5.69 Å². The predicted molar refractivity (Wildman–Crippen MR) is 95.0 cm³/mol.